The van der Waals surface area contributed by atoms with Crippen molar-refractivity contribution in [2.24, 2.45) is 0 Å². The van der Waals surface area contributed by atoms with Gasteiger partial charge >= 0.3 is 6.18 Å². The molecule has 0 bridgehead atoms. The number of halogens is 3. The Hall–Kier alpha value is -1.60. The molecule has 2 fully saturated rings. The van der Waals surface area contributed by atoms with Crippen molar-refractivity contribution >= 4 is 5.91 Å². The summed E-state index contributed by atoms with van der Waals surface area (Å²) in [6, 6.07) is 4.80. The van der Waals surface area contributed by atoms with Crippen LogP contribution in [0.2, 0.25) is 0 Å². The molecule has 0 aliphatic carbocycles. The second-order valence-corrected chi connectivity index (χ2v) is 6.44. The van der Waals surface area contributed by atoms with Crippen LogP contribution in [0, 0.1) is 0 Å². The Morgan fingerprint density at radius 1 is 1.29 bits per heavy atom. The van der Waals surface area contributed by atoms with E-state index in [9.17, 15) is 23.1 Å². The SMILES string of the molecule is O=C([C@@H]1CCCO1)N1CCC(O)(c2cccc(C(F)(F)F)c2)CC1. The third kappa shape index (κ3) is 3.42. The molecule has 2 aliphatic heterocycles. The van der Waals surface area contributed by atoms with Gasteiger partial charge in [0, 0.05) is 19.7 Å². The minimum absolute atomic E-state index is 0.0846. The van der Waals surface area contributed by atoms with Crippen molar-refractivity contribution < 1.29 is 27.8 Å². The fraction of sp³-hybridized carbons (Fsp3) is 0.588. The fourth-order valence-corrected chi connectivity index (χ4v) is 3.35. The molecule has 0 saturated carbocycles. The summed E-state index contributed by atoms with van der Waals surface area (Å²) in [7, 11) is 0. The van der Waals surface area contributed by atoms with E-state index in [4.69, 9.17) is 4.74 Å². The Morgan fingerprint density at radius 3 is 2.58 bits per heavy atom. The third-order valence-electron chi connectivity index (χ3n) is 4.83. The van der Waals surface area contributed by atoms with Crippen molar-refractivity contribution in [3.63, 3.8) is 0 Å². The molecule has 132 valence electrons. The molecular formula is C17H20F3NO3. The van der Waals surface area contributed by atoms with Crippen molar-refractivity contribution in [3.8, 4) is 0 Å². The largest absolute Gasteiger partial charge is 0.416 e. The second-order valence-electron chi connectivity index (χ2n) is 6.44. The average Bonchev–Trinajstić information content (AvgIpc) is 3.09. The molecule has 0 aromatic heterocycles. The van der Waals surface area contributed by atoms with E-state index >= 15 is 0 Å². The summed E-state index contributed by atoms with van der Waals surface area (Å²) in [5.41, 5.74) is -1.86. The highest BCUT2D eigenvalue weighted by molar-refractivity contribution is 5.81. The summed E-state index contributed by atoms with van der Waals surface area (Å²) in [4.78, 5) is 13.9. The summed E-state index contributed by atoms with van der Waals surface area (Å²) in [5, 5.41) is 10.8. The molecule has 1 atom stereocenters. The van der Waals surface area contributed by atoms with E-state index in [0.717, 1.165) is 18.6 Å². The maximum atomic E-state index is 12.9. The number of nitrogens with zero attached hydrogens (tertiary/aromatic N) is 1. The first-order valence-corrected chi connectivity index (χ1v) is 8.10. The average molecular weight is 343 g/mol. The topological polar surface area (TPSA) is 49.8 Å². The van der Waals surface area contributed by atoms with Gasteiger partial charge in [-0.2, -0.15) is 13.2 Å². The van der Waals surface area contributed by atoms with Crippen LogP contribution in [0.1, 0.15) is 36.8 Å². The number of ether oxygens (including phenoxy) is 1. The normalized spacial score (nSPS) is 24.2. The van der Waals surface area contributed by atoms with Crippen molar-refractivity contribution in [2.75, 3.05) is 19.7 Å². The number of carbonyl (C=O) groups is 1. The number of aliphatic hydroxyl groups is 1. The van der Waals surface area contributed by atoms with Crippen molar-refractivity contribution in [1.82, 2.24) is 4.90 Å². The van der Waals surface area contributed by atoms with Gasteiger partial charge in [-0.05, 0) is 43.4 Å². The van der Waals surface area contributed by atoms with Crippen molar-refractivity contribution in [3.05, 3.63) is 35.4 Å². The number of amides is 1. The van der Waals surface area contributed by atoms with Gasteiger partial charge in [-0.25, -0.2) is 0 Å². The minimum Gasteiger partial charge on any atom is -0.385 e. The van der Waals surface area contributed by atoms with Crippen LogP contribution in [0.5, 0.6) is 0 Å². The van der Waals surface area contributed by atoms with E-state index in [-0.39, 0.29) is 24.3 Å². The van der Waals surface area contributed by atoms with E-state index < -0.39 is 23.4 Å². The Bertz CT molecular complexity index is 603. The molecule has 2 aliphatic rings. The lowest BCUT2D eigenvalue weighted by Gasteiger charge is -2.39. The number of piperidine rings is 1. The van der Waals surface area contributed by atoms with Crippen LogP contribution in [0.4, 0.5) is 13.2 Å². The smallest absolute Gasteiger partial charge is 0.385 e. The first-order valence-electron chi connectivity index (χ1n) is 8.10. The van der Waals surface area contributed by atoms with Gasteiger partial charge in [0.15, 0.2) is 0 Å². The molecule has 4 nitrogen and oxygen atoms in total. The van der Waals surface area contributed by atoms with Gasteiger partial charge < -0.3 is 14.7 Å². The zero-order chi connectivity index (χ0) is 17.4. The highest BCUT2D eigenvalue weighted by Crippen LogP contribution is 2.37. The van der Waals surface area contributed by atoms with E-state index in [1.807, 2.05) is 0 Å². The summed E-state index contributed by atoms with van der Waals surface area (Å²) in [6.07, 6.45) is -2.86. The lowest BCUT2D eigenvalue weighted by Crippen LogP contribution is -2.48. The third-order valence-corrected chi connectivity index (χ3v) is 4.83. The van der Waals surface area contributed by atoms with Gasteiger partial charge in [0.05, 0.1) is 11.2 Å². The zero-order valence-corrected chi connectivity index (χ0v) is 13.2. The first kappa shape index (κ1) is 17.2. The predicted octanol–water partition coefficient (Wildman–Crippen LogP) is 2.69. The van der Waals surface area contributed by atoms with Gasteiger partial charge in [0.1, 0.15) is 6.10 Å². The Balaban J connectivity index is 1.69. The molecule has 24 heavy (non-hydrogen) atoms. The van der Waals surface area contributed by atoms with Crippen molar-refractivity contribution in [1.29, 1.82) is 0 Å². The molecule has 1 amide bonds. The number of hydrogen-bond donors (Lipinski definition) is 1. The Kier molecular flexibility index (Phi) is 4.57. The molecule has 3 rings (SSSR count). The summed E-state index contributed by atoms with van der Waals surface area (Å²) in [6.45, 7) is 1.20. The van der Waals surface area contributed by atoms with E-state index in [1.54, 1.807) is 4.90 Å². The molecule has 0 spiro atoms. The monoisotopic (exact) mass is 343 g/mol. The summed E-state index contributed by atoms with van der Waals surface area (Å²) in [5.74, 6) is -0.0846. The molecule has 2 saturated heterocycles. The standard InChI is InChI=1S/C17H20F3NO3/c18-17(19,20)13-4-1-3-12(11-13)16(23)6-8-21(9-7-16)15(22)14-5-2-10-24-14/h1,3-4,11,14,23H,2,5-10H2/t14-/m0/s1. The van der Waals surface area contributed by atoms with Gasteiger partial charge in [-0.1, -0.05) is 12.1 Å². The quantitative estimate of drug-likeness (QED) is 0.898. The van der Waals surface area contributed by atoms with E-state index in [0.29, 0.717) is 26.1 Å². The van der Waals surface area contributed by atoms with Crippen LogP contribution in [0.25, 0.3) is 0 Å². The van der Waals surface area contributed by atoms with Gasteiger partial charge in [0.2, 0.25) is 0 Å². The second kappa shape index (κ2) is 6.37. The number of benzene rings is 1. The molecule has 7 heteroatoms. The molecule has 1 aromatic carbocycles. The highest BCUT2D eigenvalue weighted by atomic mass is 19.4. The van der Waals surface area contributed by atoms with E-state index in [1.165, 1.54) is 12.1 Å². The number of rotatable bonds is 2. The summed E-state index contributed by atoms with van der Waals surface area (Å²) < 4.78 is 43.9. The van der Waals surface area contributed by atoms with Crippen LogP contribution in [0.3, 0.4) is 0 Å². The maximum absolute atomic E-state index is 12.9. The first-order chi connectivity index (χ1) is 11.3. The van der Waals surface area contributed by atoms with Crippen LogP contribution in [0.15, 0.2) is 24.3 Å². The lowest BCUT2D eigenvalue weighted by molar-refractivity contribution is -0.145. The molecule has 2 heterocycles. The van der Waals surface area contributed by atoms with E-state index in [2.05, 4.69) is 0 Å². The van der Waals surface area contributed by atoms with Crippen LogP contribution < -0.4 is 0 Å². The van der Waals surface area contributed by atoms with Gasteiger partial charge in [0.25, 0.3) is 5.91 Å². The predicted molar refractivity (Wildman–Crippen MR) is 80.1 cm³/mol. The number of alkyl halides is 3. The molecule has 1 N–H and O–H groups in total. The van der Waals surface area contributed by atoms with Crippen LogP contribution in [-0.2, 0) is 21.3 Å². The number of carbonyl (C=O) groups excluding carboxylic acids is 1. The number of hydrogen-bond acceptors (Lipinski definition) is 3. The van der Waals surface area contributed by atoms with Crippen molar-refractivity contribution in [2.45, 2.75) is 43.6 Å². The number of likely N-dealkylation sites (tertiary alicyclic amines) is 1. The molecule has 1 aromatic rings. The molecule has 0 unspecified atom stereocenters. The molecular weight excluding hydrogens is 323 g/mol. The maximum Gasteiger partial charge on any atom is 0.416 e. The Morgan fingerprint density at radius 2 is 2.00 bits per heavy atom. The van der Waals surface area contributed by atoms with Crippen LogP contribution in [-0.4, -0.2) is 41.7 Å². The minimum atomic E-state index is -4.44. The van der Waals surface area contributed by atoms with Gasteiger partial charge in [-0.3, -0.25) is 4.79 Å². The lowest BCUT2D eigenvalue weighted by atomic mass is 9.83. The Labute approximate surface area is 138 Å². The van der Waals surface area contributed by atoms with Gasteiger partial charge in [-0.15, -0.1) is 0 Å². The molecule has 0 radical (unpaired) electrons. The highest BCUT2D eigenvalue weighted by Gasteiger charge is 2.39. The van der Waals surface area contributed by atoms with Crippen LogP contribution >= 0.6 is 0 Å². The zero-order valence-electron chi connectivity index (χ0n) is 13.2. The fourth-order valence-electron chi connectivity index (χ4n) is 3.35. The summed E-state index contributed by atoms with van der Waals surface area (Å²) >= 11 is 0.